The second-order valence-corrected chi connectivity index (χ2v) is 4.72. The molecule has 0 aliphatic rings. The molecule has 1 unspecified atom stereocenters. The van der Waals surface area contributed by atoms with Crippen LogP contribution in [-0.4, -0.2) is 18.5 Å². The molecule has 94 valence electrons. The zero-order chi connectivity index (χ0) is 12.8. The topological polar surface area (TPSA) is 41.1 Å². The summed E-state index contributed by atoms with van der Waals surface area (Å²) in [6, 6.07) is 4.68. The van der Waals surface area contributed by atoms with Crippen molar-refractivity contribution in [2.45, 2.75) is 26.3 Å². The Morgan fingerprint density at radius 3 is 2.82 bits per heavy atom. The van der Waals surface area contributed by atoms with Gasteiger partial charge in [0.1, 0.15) is 5.82 Å². The molecular weight excluding hydrogens is 287 g/mol. The Morgan fingerprint density at radius 1 is 1.53 bits per heavy atom. The number of anilines is 1. The molecule has 0 aliphatic heterocycles. The smallest absolute Gasteiger partial charge is 0.238 e. The molecule has 1 aromatic carbocycles. The van der Waals surface area contributed by atoms with Gasteiger partial charge in [-0.15, -0.1) is 0 Å². The molecule has 1 rings (SSSR count). The van der Waals surface area contributed by atoms with Gasteiger partial charge in [-0.2, -0.15) is 0 Å². The van der Waals surface area contributed by atoms with Gasteiger partial charge in [-0.1, -0.05) is 6.92 Å². The van der Waals surface area contributed by atoms with E-state index < -0.39 is 0 Å². The number of amides is 1. The first-order valence-electron chi connectivity index (χ1n) is 5.51. The number of rotatable bonds is 5. The van der Waals surface area contributed by atoms with Gasteiger partial charge in [-0.05, 0) is 47.5 Å². The molecule has 0 aromatic heterocycles. The average Bonchev–Trinajstić information content (AvgIpc) is 2.31. The number of nitrogens with one attached hydrogen (secondary N) is 2. The number of benzene rings is 1. The van der Waals surface area contributed by atoms with E-state index in [1.165, 1.54) is 18.2 Å². The van der Waals surface area contributed by atoms with Crippen LogP contribution in [0.3, 0.4) is 0 Å². The largest absolute Gasteiger partial charge is 0.325 e. The second kappa shape index (κ2) is 6.71. The molecule has 0 aliphatic carbocycles. The van der Waals surface area contributed by atoms with E-state index in [4.69, 9.17) is 0 Å². The molecule has 2 N–H and O–H groups in total. The van der Waals surface area contributed by atoms with E-state index in [9.17, 15) is 9.18 Å². The van der Waals surface area contributed by atoms with Crippen LogP contribution in [0.5, 0.6) is 0 Å². The number of halogens is 2. The van der Waals surface area contributed by atoms with Crippen LogP contribution in [-0.2, 0) is 4.79 Å². The van der Waals surface area contributed by atoms with Crippen molar-refractivity contribution in [3.63, 3.8) is 0 Å². The maximum Gasteiger partial charge on any atom is 0.238 e. The van der Waals surface area contributed by atoms with Gasteiger partial charge >= 0.3 is 0 Å². The Kier molecular flexibility index (Phi) is 5.58. The highest BCUT2D eigenvalue weighted by molar-refractivity contribution is 9.10. The van der Waals surface area contributed by atoms with Crippen LogP contribution >= 0.6 is 15.9 Å². The summed E-state index contributed by atoms with van der Waals surface area (Å²) in [5.41, 5.74) is 0.578. The van der Waals surface area contributed by atoms with Crippen molar-refractivity contribution in [3.8, 4) is 0 Å². The SMILES string of the molecule is CCC(C)NCC(=O)Nc1ccc(F)c(Br)c1. The van der Waals surface area contributed by atoms with Crippen LogP contribution in [0.1, 0.15) is 20.3 Å². The Labute approximate surface area is 109 Å². The minimum Gasteiger partial charge on any atom is -0.325 e. The van der Waals surface area contributed by atoms with Crippen LogP contribution in [0.15, 0.2) is 22.7 Å². The van der Waals surface area contributed by atoms with E-state index >= 15 is 0 Å². The van der Waals surface area contributed by atoms with E-state index in [1.807, 2.05) is 13.8 Å². The molecule has 0 bridgehead atoms. The van der Waals surface area contributed by atoms with Gasteiger partial charge in [0.05, 0.1) is 11.0 Å². The average molecular weight is 303 g/mol. The highest BCUT2D eigenvalue weighted by Gasteiger charge is 2.06. The minimum atomic E-state index is -0.347. The molecule has 3 nitrogen and oxygen atoms in total. The van der Waals surface area contributed by atoms with Crippen LogP contribution in [0.25, 0.3) is 0 Å². The minimum absolute atomic E-state index is 0.135. The molecule has 1 atom stereocenters. The van der Waals surface area contributed by atoms with E-state index in [1.54, 1.807) is 0 Å². The Balaban J connectivity index is 2.48. The Hall–Kier alpha value is -0.940. The van der Waals surface area contributed by atoms with Crippen molar-refractivity contribution in [1.29, 1.82) is 0 Å². The van der Waals surface area contributed by atoms with Crippen molar-refractivity contribution in [1.82, 2.24) is 5.32 Å². The fourth-order valence-electron chi connectivity index (χ4n) is 1.19. The monoisotopic (exact) mass is 302 g/mol. The Bertz CT molecular complexity index is 398. The standard InChI is InChI=1S/C12H16BrFN2O/c1-3-8(2)15-7-12(17)16-9-4-5-11(14)10(13)6-9/h4-6,8,15H,3,7H2,1-2H3,(H,16,17). The van der Waals surface area contributed by atoms with E-state index in [2.05, 4.69) is 26.6 Å². The second-order valence-electron chi connectivity index (χ2n) is 3.87. The molecule has 5 heteroatoms. The van der Waals surface area contributed by atoms with Crippen LogP contribution in [0, 0.1) is 5.82 Å². The van der Waals surface area contributed by atoms with E-state index in [-0.39, 0.29) is 18.3 Å². The summed E-state index contributed by atoms with van der Waals surface area (Å²) >= 11 is 3.07. The molecular formula is C12H16BrFN2O. The fourth-order valence-corrected chi connectivity index (χ4v) is 1.57. The molecule has 1 amide bonds. The van der Waals surface area contributed by atoms with Crippen molar-refractivity contribution < 1.29 is 9.18 Å². The molecule has 0 fully saturated rings. The van der Waals surface area contributed by atoms with Gasteiger partial charge in [0.25, 0.3) is 0 Å². The molecule has 0 radical (unpaired) electrons. The van der Waals surface area contributed by atoms with E-state index in [0.717, 1.165) is 6.42 Å². The lowest BCUT2D eigenvalue weighted by Crippen LogP contribution is -2.33. The highest BCUT2D eigenvalue weighted by Crippen LogP contribution is 2.19. The molecule has 0 saturated heterocycles. The van der Waals surface area contributed by atoms with Crippen molar-refractivity contribution in [2.75, 3.05) is 11.9 Å². The third kappa shape index (κ3) is 4.83. The quantitative estimate of drug-likeness (QED) is 0.878. The Morgan fingerprint density at radius 2 is 2.24 bits per heavy atom. The van der Waals surface area contributed by atoms with Gasteiger partial charge in [0, 0.05) is 11.7 Å². The summed E-state index contributed by atoms with van der Waals surface area (Å²) in [6.07, 6.45) is 0.968. The molecule has 1 aromatic rings. The summed E-state index contributed by atoms with van der Waals surface area (Å²) in [6.45, 7) is 4.32. The maximum atomic E-state index is 13.0. The number of hydrogen-bond acceptors (Lipinski definition) is 2. The van der Waals surface area contributed by atoms with Crippen molar-refractivity contribution >= 4 is 27.5 Å². The lowest BCUT2D eigenvalue weighted by atomic mass is 10.2. The van der Waals surface area contributed by atoms with Gasteiger partial charge in [0.2, 0.25) is 5.91 Å². The zero-order valence-electron chi connectivity index (χ0n) is 9.89. The first kappa shape index (κ1) is 14.1. The normalized spacial score (nSPS) is 12.2. The first-order chi connectivity index (χ1) is 8.02. The summed E-state index contributed by atoms with van der Waals surface area (Å²) in [7, 11) is 0. The molecule has 0 spiro atoms. The predicted molar refractivity (Wildman–Crippen MR) is 70.5 cm³/mol. The predicted octanol–water partition coefficient (Wildman–Crippen LogP) is 2.91. The first-order valence-corrected chi connectivity index (χ1v) is 6.30. The number of carbonyl (C=O) groups excluding carboxylic acids is 1. The maximum absolute atomic E-state index is 13.0. The lowest BCUT2D eigenvalue weighted by molar-refractivity contribution is -0.115. The van der Waals surface area contributed by atoms with Gasteiger partial charge in [0.15, 0.2) is 0 Å². The van der Waals surface area contributed by atoms with Gasteiger partial charge < -0.3 is 10.6 Å². The summed E-state index contributed by atoms with van der Waals surface area (Å²) < 4.78 is 13.3. The van der Waals surface area contributed by atoms with Gasteiger partial charge in [-0.3, -0.25) is 4.79 Å². The zero-order valence-corrected chi connectivity index (χ0v) is 11.5. The summed E-state index contributed by atoms with van der Waals surface area (Å²) in [4.78, 5) is 11.5. The number of hydrogen-bond donors (Lipinski definition) is 2. The molecule has 0 heterocycles. The molecule has 0 saturated carbocycles. The van der Waals surface area contributed by atoms with Crippen molar-refractivity contribution in [3.05, 3.63) is 28.5 Å². The summed E-state index contributed by atoms with van der Waals surface area (Å²) in [5, 5.41) is 5.77. The van der Waals surface area contributed by atoms with Crippen LogP contribution < -0.4 is 10.6 Å². The number of carbonyl (C=O) groups is 1. The highest BCUT2D eigenvalue weighted by atomic mass is 79.9. The van der Waals surface area contributed by atoms with Gasteiger partial charge in [-0.25, -0.2) is 4.39 Å². The van der Waals surface area contributed by atoms with Crippen LogP contribution in [0.4, 0.5) is 10.1 Å². The van der Waals surface area contributed by atoms with Crippen LogP contribution in [0.2, 0.25) is 0 Å². The summed E-state index contributed by atoms with van der Waals surface area (Å²) in [5.74, 6) is -0.482. The van der Waals surface area contributed by atoms with Crippen molar-refractivity contribution in [2.24, 2.45) is 0 Å². The third-order valence-corrected chi connectivity index (χ3v) is 3.03. The fraction of sp³-hybridized carbons (Fsp3) is 0.417. The van der Waals surface area contributed by atoms with E-state index in [0.29, 0.717) is 16.2 Å². The lowest BCUT2D eigenvalue weighted by Gasteiger charge is -2.11. The molecule has 17 heavy (non-hydrogen) atoms. The third-order valence-electron chi connectivity index (χ3n) is 2.43.